The van der Waals surface area contributed by atoms with Gasteiger partial charge in [-0.15, -0.1) is 11.6 Å². The molecule has 1 aromatic carbocycles. The first-order valence-electron chi connectivity index (χ1n) is 6.67. The molecule has 1 aliphatic carbocycles. The standard InChI is InChI=1S/C15H18BrClF2/c16-14-3-1-2-11(8-14)6-13(10-17)7-12-4-5-15(18,19)9-12/h1-3,8,12-13H,4-7,9-10H2. The van der Waals surface area contributed by atoms with Crippen molar-refractivity contribution in [3.63, 3.8) is 0 Å². The molecule has 1 saturated carbocycles. The van der Waals surface area contributed by atoms with E-state index in [9.17, 15) is 8.78 Å². The van der Waals surface area contributed by atoms with Crippen LogP contribution < -0.4 is 0 Å². The number of benzene rings is 1. The summed E-state index contributed by atoms with van der Waals surface area (Å²) in [5.74, 6) is -1.49. The minimum atomic E-state index is -2.45. The number of hydrogen-bond acceptors (Lipinski definition) is 0. The van der Waals surface area contributed by atoms with Crippen LogP contribution >= 0.6 is 27.5 Å². The summed E-state index contributed by atoms with van der Waals surface area (Å²) in [5.41, 5.74) is 1.21. The summed E-state index contributed by atoms with van der Waals surface area (Å²) in [5, 5.41) is 0. The normalized spacial score (nSPS) is 23.5. The van der Waals surface area contributed by atoms with Crippen molar-refractivity contribution in [3.05, 3.63) is 34.3 Å². The highest BCUT2D eigenvalue weighted by atomic mass is 79.9. The lowest BCUT2D eigenvalue weighted by Gasteiger charge is -2.18. The Morgan fingerprint density at radius 1 is 1.42 bits per heavy atom. The van der Waals surface area contributed by atoms with Gasteiger partial charge >= 0.3 is 0 Å². The van der Waals surface area contributed by atoms with Gasteiger partial charge in [-0.2, -0.15) is 0 Å². The average Bonchev–Trinajstić information content (AvgIpc) is 2.68. The number of rotatable bonds is 5. The molecule has 0 saturated heterocycles. The summed E-state index contributed by atoms with van der Waals surface area (Å²) in [4.78, 5) is 0. The van der Waals surface area contributed by atoms with Crippen molar-refractivity contribution < 1.29 is 8.78 Å². The van der Waals surface area contributed by atoms with E-state index in [4.69, 9.17) is 11.6 Å². The molecule has 106 valence electrons. The predicted molar refractivity (Wildman–Crippen MR) is 79.0 cm³/mol. The highest BCUT2D eigenvalue weighted by molar-refractivity contribution is 9.10. The van der Waals surface area contributed by atoms with Crippen LogP contribution in [0.3, 0.4) is 0 Å². The molecule has 0 aromatic heterocycles. The zero-order valence-electron chi connectivity index (χ0n) is 10.7. The molecule has 0 radical (unpaired) electrons. The van der Waals surface area contributed by atoms with Crippen LogP contribution in [0.4, 0.5) is 8.78 Å². The molecule has 0 bridgehead atoms. The maximum Gasteiger partial charge on any atom is 0.248 e. The molecule has 4 heteroatoms. The summed E-state index contributed by atoms with van der Waals surface area (Å²) < 4.78 is 27.4. The van der Waals surface area contributed by atoms with Crippen molar-refractivity contribution in [2.45, 2.75) is 38.0 Å². The van der Waals surface area contributed by atoms with Crippen LogP contribution in [-0.4, -0.2) is 11.8 Å². The Bertz CT molecular complexity index is 422. The third-order valence-corrected chi connectivity index (χ3v) is 4.73. The molecule has 19 heavy (non-hydrogen) atoms. The molecule has 2 rings (SSSR count). The summed E-state index contributed by atoms with van der Waals surface area (Å²) >= 11 is 9.45. The van der Waals surface area contributed by atoms with Crippen LogP contribution in [0.2, 0.25) is 0 Å². The van der Waals surface area contributed by atoms with Crippen molar-refractivity contribution in [1.82, 2.24) is 0 Å². The fraction of sp³-hybridized carbons (Fsp3) is 0.600. The van der Waals surface area contributed by atoms with Gasteiger partial charge in [-0.1, -0.05) is 28.1 Å². The second-order valence-electron chi connectivity index (χ2n) is 5.55. The van der Waals surface area contributed by atoms with E-state index in [0.717, 1.165) is 17.3 Å². The van der Waals surface area contributed by atoms with Crippen molar-refractivity contribution in [1.29, 1.82) is 0 Å². The van der Waals surface area contributed by atoms with Crippen molar-refractivity contribution >= 4 is 27.5 Å². The third kappa shape index (κ3) is 4.71. The van der Waals surface area contributed by atoms with Gasteiger partial charge < -0.3 is 0 Å². The third-order valence-electron chi connectivity index (χ3n) is 3.80. The monoisotopic (exact) mass is 350 g/mol. The van der Waals surface area contributed by atoms with Crippen LogP contribution in [0, 0.1) is 11.8 Å². The zero-order chi connectivity index (χ0) is 13.9. The van der Waals surface area contributed by atoms with E-state index in [1.54, 1.807) is 0 Å². The van der Waals surface area contributed by atoms with Crippen LogP contribution in [-0.2, 0) is 6.42 Å². The predicted octanol–water partition coefficient (Wildman–Crippen LogP) is 5.67. The van der Waals surface area contributed by atoms with Crippen LogP contribution in [0.1, 0.15) is 31.2 Å². The second kappa shape index (κ2) is 6.53. The summed E-state index contributed by atoms with van der Waals surface area (Å²) in [7, 11) is 0. The van der Waals surface area contributed by atoms with Gasteiger partial charge in [0.25, 0.3) is 0 Å². The Labute approximate surface area is 126 Å². The lowest BCUT2D eigenvalue weighted by Crippen LogP contribution is -2.14. The quantitative estimate of drug-likeness (QED) is 0.599. The zero-order valence-corrected chi connectivity index (χ0v) is 13.1. The van der Waals surface area contributed by atoms with Gasteiger partial charge in [0.1, 0.15) is 0 Å². The number of halogens is 4. The van der Waals surface area contributed by atoms with Crippen molar-refractivity contribution in [3.8, 4) is 0 Å². The summed E-state index contributed by atoms with van der Waals surface area (Å²) in [6, 6.07) is 8.11. The summed E-state index contributed by atoms with van der Waals surface area (Å²) in [6.07, 6.45) is 2.40. The molecule has 1 aliphatic rings. The van der Waals surface area contributed by atoms with Crippen LogP contribution in [0.15, 0.2) is 28.7 Å². The molecule has 0 heterocycles. The van der Waals surface area contributed by atoms with E-state index in [1.165, 1.54) is 5.56 Å². The lowest BCUT2D eigenvalue weighted by molar-refractivity contribution is 0.00417. The minimum absolute atomic E-state index is 0.0405. The SMILES string of the molecule is FC1(F)CCC(CC(CCl)Cc2cccc(Br)c2)C1. The largest absolute Gasteiger partial charge is 0.248 e. The molecular formula is C15H18BrClF2. The van der Waals surface area contributed by atoms with Gasteiger partial charge in [0.2, 0.25) is 5.92 Å². The topological polar surface area (TPSA) is 0 Å². The highest BCUT2D eigenvalue weighted by Gasteiger charge is 2.39. The average molecular weight is 352 g/mol. The van der Waals surface area contributed by atoms with Gasteiger partial charge in [0.15, 0.2) is 0 Å². The molecule has 2 atom stereocenters. The maximum absolute atomic E-state index is 13.2. The lowest BCUT2D eigenvalue weighted by atomic mass is 9.90. The maximum atomic E-state index is 13.2. The first-order valence-corrected chi connectivity index (χ1v) is 7.99. The van der Waals surface area contributed by atoms with Gasteiger partial charge in [0.05, 0.1) is 0 Å². The highest BCUT2D eigenvalue weighted by Crippen LogP contribution is 2.42. The van der Waals surface area contributed by atoms with Gasteiger partial charge in [-0.25, -0.2) is 8.78 Å². The minimum Gasteiger partial charge on any atom is -0.207 e. The molecule has 0 nitrogen and oxygen atoms in total. The van der Waals surface area contributed by atoms with Crippen molar-refractivity contribution in [2.75, 3.05) is 5.88 Å². The number of hydrogen-bond donors (Lipinski definition) is 0. The molecule has 0 aliphatic heterocycles. The molecule has 2 unspecified atom stereocenters. The smallest absolute Gasteiger partial charge is 0.207 e. The molecular weight excluding hydrogens is 334 g/mol. The van der Waals surface area contributed by atoms with Gasteiger partial charge in [0, 0.05) is 23.2 Å². The first-order chi connectivity index (χ1) is 8.98. The van der Waals surface area contributed by atoms with Gasteiger partial charge in [-0.3, -0.25) is 0 Å². The fourth-order valence-electron chi connectivity index (χ4n) is 2.91. The Kier molecular flexibility index (Phi) is 5.24. The number of alkyl halides is 3. The molecule has 1 fully saturated rings. The van der Waals surface area contributed by atoms with E-state index in [0.29, 0.717) is 12.3 Å². The molecule has 0 spiro atoms. The fourth-order valence-corrected chi connectivity index (χ4v) is 3.59. The Morgan fingerprint density at radius 3 is 2.79 bits per heavy atom. The Morgan fingerprint density at radius 2 is 2.21 bits per heavy atom. The second-order valence-corrected chi connectivity index (χ2v) is 6.78. The summed E-state index contributed by atoms with van der Waals surface area (Å²) in [6.45, 7) is 0. The Hall–Kier alpha value is -0.150. The van der Waals surface area contributed by atoms with E-state index in [-0.39, 0.29) is 24.7 Å². The van der Waals surface area contributed by atoms with Crippen molar-refractivity contribution in [2.24, 2.45) is 11.8 Å². The van der Waals surface area contributed by atoms with E-state index < -0.39 is 5.92 Å². The Balaban J connectivity index is 1.90. The van der Waals surface area contributed by atoms with E-state index in [2.05, 4.69) is 28.1 Å². The van der Waals surface area contributed by atoms with E-state index in [1.807, 2.05) is 12.1 Å². The van der Waals surface area contributed by atoms with Crippen LogP contribution in [0.5, 0.6) is 0 Å². The first kappa shape index (κ1) is 15.2. The molecule has 0 N–H and O–H groups in total. The molecule has 1 aromatic rings. The van der Waals surface area contributed by atoms with Crippen LogP contribution in [0.25, 0.3) is 0 Å². The van der Waals surface area contributed by atoms with E-state index >= 15 is 0 Å². The van der Waals surface area contributed by atoms with Gasteiger partial charge in [-0.05, 0) is 48.8 Å². The molecule has 0 amide bonds.